The van der Waals surface area contributed by atoms with Gasteiger partial charge in [-0.2, -0.15) is 0 Å². The van der Waals surface area contributed by atoms with Gasteiger partial charge < -0.3 is 10.1 Å². The molecule has 1 N–H and O–H groups in total. The van der Waals surface area contributed by atoms with Crippen LogP contribution in [0.1, 0.15) is 22.8 Å². The lowest BCUT2D eigenvalue weighted by atomic mass is 10.1. The smallest absolute Gasteiger partial charge is 0.331 e. The second-order valence-corrected chi connectivity index (χ2v) is 7.35. The van der Waals surface area contributed by atoms with Gasteiger partial charge >= 0.3 is 5.97 Å². The maximum absolute atomic E-state index is 12.9. The lowest BCUT2D eigenvalue weighted by molar-refractivity contribution is -0.149. The Labute approximate surface area is 185 Å². The summed E-state index contributed by atoms with van der Waals surface area (Å²) in [6.07, 6.45) is 1.66. The predicted octanol–water partition coefficient (Wildman–Crippen LogP) is 6.24. The SMILES string of the molecule is Cc1ccc(NC(=O)C(OC(=O)C=Cc2ccccc2Cl)c2ccccc2)cc1Cl. The van der Waals surface area contributed by atoms with Crippen LogP contribution in [0, 0.1) is 6.92 Å². The number of hydrogen-bond donors (Lipinski definition) is 1. The Morgan fingerprint density at radius 1 is 0.933 bits per heavy atom. The maximum atomic E-state index is 12.9. The zero-order chi connectivity index (χ0) is 21.5. The molecule has 0 heterocycles. The van der Waals surface area contributed by atoms with E-state index in [2.05, 4.69) is 5.32 Å². The molecule has 0 aliphatic heterocycles. The van der Waals surface area contributed by atoms with Crippen molar-refractivity contribution in [2.45, 2.75) is 13.0 Å². The van der Waals surface area contributed by atoms with E-state index in [1.165, 1.54) is 6.08 Å². The molecule has 0 aromatic heterocycles. The van der Waals surface area contributed by atoms with E-state index < -0.39 is 18.0 Å². The summed E-state index contributed by atoms with van der Waals surface area (Å²) in [7, 11) is 0. The van der Waals surface area contributed by atoms with Crippen LogP contribution >= 0.6 is 23.2 Å². The second kappa shape index (κ2) is 10.1. The molecule has 3 aromatic carbocycles. The summed E-state index contributed by atoms with van der Waals surface area (Å²) in [4.78, 5) is 25.3. The number of amides is 1. The first-order chi connectivity index (χ1) is 14.4. The highest BCUT2D eigenvalue weighted by atomic mass is 35.5. The fourth-order valence-electron chi connectivity index (χ4n) is 2.70. The molecule has 3 aromatic rings. The minimum Gasteiger partial charge on any atom is -0.444 e. The van der Waals surface area contributed by atoms with Crippen molar-refractivity contribution >= 4 is 46.8 Å². The van der Waals surface area contributed by atoms with Gasteiger partial charge in [0.05, 0.1) is 0 Å². The topological polar surface area (TPSA) is 55.4 Å². The molecule has 1 atom stereocenters. The fourth-order valence-corrected chi connectivity index (χ4v) is 3.08. The van der Waals surface area contributed by atoms with Crippen LogP contribution in [0.3, 0.4) is 0 Å². The van der Waals surface area contributed by atoms with Crippen molar-refractivity contribution in [1.29, 1.82) is 0 Å². The van der Waals surface area contributed by atoms with E-state index in [4.69, 9.17) is 27.9 Å². The fraction of sp³-hybridized carbons (Fsp3) is 0.0833. The van der Waals surface area contributed by atoms with E-state index in [-0.39, 0.29) is 0 Å². The molecule has 3 rings (SSSR count). The van der Waals surface area contributed by atoms with Crippen molar-refractivity contribution in [3.63, 3.8) is 0 Å². The van der Waals surface area contributed by atoms with Crippen LogP contribution in [-0.4, -0.2) is 11.9 Å². The Morgan fingerprint density at radius 3 is 2.33 bits per heavy atom. The normalized spacial score (nSPS) is 11.8. The molecule has 0 fully saturated rings. The molecule has 152 valence electrons. The number of carbonyl (C=O) groups is 2. The van der Waals surface area contributed by atoms with Crippen molar-refractivity contribution in [1.82, 2.24) is 0 Å². The van der Waals surface area contributed by atoms with E-state index in [1.54, 1.807) is 66.7 Å². The molecule has 0 aliphatic rings. The monoisotopic (exact) mass is 439 g/mol. The van der Waals surface area contributed by atoms with Gasteiger partial charge in [-0.1, -0.05) is 77.8 Å². The number of benzene rings is 3. The van der Waals surface area contributed by atoms with Gasteiger partial charge in [0, 0.05) is 27.4 Å². The largest absolute Gasteiger partial charge is 0.444 e. The van der Waals surface area contributed by atoms with E-state index in [1.807, 2.05) is 19.1 Å². The first-order valence-electron chi connectivity index (χ1n) is 9.19. The summed E-state index contributed by atoms with van der Waals surface area (Å²) in [5.74, 6) is -1.15. The molecular weight excluding hydrogens is 421 g/mol. The van der Waals surface area contributed by atoms with Crippen LogP contribution in [0.15, 0.2) is 78.9 Å². The van der Waals surface area contributed by atoms with Crippen LogP contribution in [0.4, 0.5) is 5.69 Å². The Hall–Kier alpha value is -3.08. The molecule has 1 amide bonds. The van der Waals surface area contributed by atoms with Gasteiger partial charge in [0.2, 0.25) is 6.10 Å². The summed E-state index contributed by atoms with van der Waals surface area (Å²) in [6, 6.07) is 21.1. The Bertz CT molecular complexity index is 1080. The van der Waals surface area contributed by atoms with Gasteiger partial charge in [-0.05, 0) is 42.3 Å². The van der Waals surface area contributed by atoms with Crippen LogP contribution in [0.25, 0.3) is 6.08 Å². The van der Waals surface area contributed by atoms with Crippen molar-refractivity contribution in [2.75, 3.05) is 5.32 Å². The molecule has 0 bridgehead atoms. The molecule has 6 heteroatoms. The van der Waals surface area contributed by atoms with E-state index in [9.17, 15) is 9.59 Å². The lowest BCUT2D eigenvalue weighted by Crippen LogP contribution is -2.25. The van der Waals surface area contributed by atoms with E-state index >= 15 is 0 Å². The highest BCUT2D eigenvalue weighted by molar-refractivity contribution is 6.32. The lowest BCUT2D eigenvalue weighted by Gasteiger charge is -2.17. The third-order valence-electron chi connectivity index (χ3n) is 4.32. The van der Waals surface area contributed by atoms with Crippen molar-refractivity contribution < 1.29 is 14.3 Å². The third-order valence-corrected chi connectivity index (χ3v) is 5.07. The first-order valence-corrected chi connectivity index (χ1v) is 9.95. The van der Waals surface area contributed by atoms with Crippen molar-refractivity contribution in [2.24, 2.45) is 0 Å². The van der Waals surface area contributed by atoms with Crippen LogP contribution in [0.2, 0.25) is 10.0 Å². The first kappa shape index (κ1) is 21.6. The van der Waals surface area contributed by atoms with E-state index in [0.717, 1.165) is 5.56 Å². The van der Waals surface area contributed by atoms with Gasteiger partial charge in [0.1, 0.15) is 0 Å². The van der Waals surface area contributed by atoms with Crippen LogP contribution < -0.4 is 5.32 Å². The molecule has 0 saturated carbocycles. The van der Waals surface area contributed by atoms with Crippen molar-refractivity contribution in [3.8, 4) is 0 Å². The Kier molecular flexibility index (Phi) is 7.28. The van der Waals surface area contributed by atoms with E-state index in [0.29, 0.717) is 26.9 Å². The summed E-state index contributed by atoms with van der Waals surface area (Å²) < 4.78 is 5.47. The number of nitrogens with one attached hydrogen (secondary N) is 1. The van der Waals surface area contributed by atoms with Gasteiger partial charge in [0.15, 0.2) is 0 Å². The molecule has 30 heavy (non-hydrogen) atoms. The average Bonchev–Trinajstić information content (AvgIpc) is 2.74. The molecule has 4 nitrogen and oxygen atoms in total. The zero-order valence-electron chi connectivity index (χ0n) is 16.1. The maximum Gasteiger partial charge on any atom is 0.331 e. The van der Waals surface area contributed by atoms with Crippen LogP contribution in [-0.2, 0) is 14.3 Å². The number of hydrogen-bond acceptors (Lipinski definition) is 3. The zero-order valence-corrected chi connectivity index (χ0v) is 17.7. The van der Waals surface area contributed by atoms with Gasteiger partial charge in [0.25, 0.3) is 5.91 Å². The number of esters is 1. The molecular formula is C24H19Cl2NO3. The summed E-state index contributed by atoms with van der Waals surface area (Å²) in [5, 5.41) is 3.79. The number of aryl methyl sites for hydroxylation is 1. The third kappa shape index (κ3) is 5.72. The Morgan fingerprint density at radius 2 is 1.63 bits per heavy atom. The minimum absolute atomic E-state index is 0.486. The van der Waals surface area contributed by atoms with Gasteiger partial charge in [-0.25, -0.2) is 4.79 Å². The predicted molar refractivity (Wildman–Crippen MR) is 121 cm³/mol. The van der Waals surface area contributed by atoms with Gasteiger partial charge in [-0.3, -0.25) is 4.79 Å². The number of rotatable bonds is 6. The quantitative estimate of drug-likeness (QED) is 0.365. The molecule has 0 spiro atoms. The second-order valence-electron chi connectivity index (χ2n) is 6.54. The minimum atomic E-state index is -1.13. The number of anilines is 1. The molecule has 0 radical (unpaired) electrons. The number of ether oxygens (including phenoxy) is 1. The Balaban J connectivity index is 1.78. The summed E-state index contributed by atoms with van der Waals surface area (Å²) in [6.45, 7) is 1.87. The number of halogens is 2. The molecule has 1 unspecified atom stereocenters. The highest BCUT2D eigenvalue weighted by Crippen LogP contribution is 2.24. The molecule has 0 saturated heterocycles. The van der Waals surface area contributed by atoms with Crippen LogP contribution in [0.5, 0.6) is 0 Å². The highest BCUT2D eigenvalue weighted by Gasteiger charge is 2.24. The van der Waals surface area contributed by atoms with Gasteiger partial charge in [-0.15, -0.1) is 0 Å². The number of carbonyl (C=O) groups excluding carboxylic acids is 2. The molecule has 0 aliphatic carbocycles. The average molecular weight is 440 g/mol. The summed E-state index contributed by atoms with van der Waals surface area (Å²) >= 11 is 12.2. The summed E-state index contributed by atoms with van der Waals surface area (Å²) in [5.41, 5.74) is 2.63. The van der Waals surface area contributed by atoms with Crippen molar-refractivity contribution in [3.05, 3.63) is 106 Å². The standard InChI is InChI=1S/C24H19Cl2NO3/c1-16-11-13-19(15-21(16)26)27-24(29)23(18-8-3-2-4-9-18)30-22(28)14-12-17-7-5-6-10-20(17)25/h2-15,23H,1H3,(H,27,29).